The van der Waals surface area contributed by atoms with Crippen LogP contribution in [-0.4, -0.2) is 26.1 Å². The van der Waals surface area contributed by atoms with Crippen molar-refractivity contribution in [1.82, 2.24) is 20.2 Å². The van der Waals surface area contributed by atoms with Crippen molar-refractivity contribution in [3.63, 3.8) is 0 Å². The first-order valence-corrected chi connectivity index (χ1v) is 7.04. The topological polar surface area (TPSA) is 72.7 Å². The molecule has 1 unspecified atom stereocenters. The molecule has 3 rings (SSSR count). The molecule has 0 spiro atoms. The molecular formula is C15H17N5O. The van der Waals surface area contributed by atoms with Crippen LogP contribution in [0.5, 0.6) is 0 Å². The molecule has 1 N–H and O–H groups in total. The van der Waals surface area contributed by atoms with E-state index in [1.165, 1.54) is 6.33 Å². The standard InChI is InChI=1S/C15H17N5O/c1-11-7-8-13(20-10-16-18-19-20)9-14(11)17-15(21)12-5-3-2-4-6-12/h2-3,7-10,12H,4-6H2,1H3,(H,17,21). The van der Waals surface area contributed by atoms with E-state index < -0.39 is 0 Å². The Morgan fingerprint density at radius 2 is 2.29 bits per heavy atom. The number of amides is 1. The molecule has 0 fully saturated rings. The number of nitrogens with one attached hydrogen (secondary N) is 1. The number of carbonyl (C=O) groups excluding carboxylic acids is 1. The van der Waals surface area contributed by atoms with Gasteiger partial charge in [0.15, 0.2) is 0 Å². The van der Waals surface area contributed by atoms with E-state index in [1.54, 1.807) is 4.68 Å². The van der Waals surface area contributed by atoms with Crippen molar-refractivity contribution in [2.75, 3.05) is 5.32 Å². The molecule has 108 valence electrons. The number of anilines is 1. The van der Waals surface area contributed by atoms with Crippen molar-refractivity contribution in [2.45, 2.75) is 26.2 Å². The van der Waals surface area contributed by atoms with E-state index >= 15 is 0 Å². The second-order valence-corrected chi connectivity index (χ2v) is 5.22. The number of aromatic nitrogens is 4. The average Bonchev–Trinajstić information content (AvgIpc) is 3.04. The minimum atomic E-state index is 0.0612. The highest BCUT2D eigenvalue weighted by atomic mass is 16.1. The smallest absolute Gasteiger partial charge is 0.227 e. The van der Waals surface area contributed by atoms with Crippen LogP contribution in [0.25, 0.3) is 5.69 Å². The monoisotopic (exact) mass is 283 g/mol. The van der Waals surface area contributed by atoms with Gasteiger partial charge in [-0.15, -0.1) is 5.10 Å². The van der Waals surface area contributed by atoms with Crippen LogP contribution >= 0.6 is 0 Å². The Bertz CT molecular complexity index is 663. The summed E-state index contributed by atoms with van der Waals surface area (Å²) in [6, 6.07) is 5.76. The van der Waals surface area contributed by atoms with Crippen molar-refractivity contribution in [1.29, 1.82) is 0 Å². The normalized spacial score (nSPS) is 17.7. The number of hydrogen-bond acceptors (Lipinski definition) is 4. The molecule has 21 heavy (non-hydrogen) atoms. The van der Waals surface area contributed by atoms with Crippen LogP contribution in [0.3, 0.4) is 0 Å². The van der Waals surface area contributed by atoms with Crippen LogP contribution in [-0.2, 0) is 4.79 Å². The van der Waals surface area contributed by atoms with Crippen LogP contribution in [0.4, 0.5) is 5.69 Å². The largest absolute Gasteiger partial charge is 0.326 e. The first-order valence-electron chi connectivity index (χ1n) is 7.04. The van der Waals surface area contributed by atoms with E-state index in [0.29, 0.717) is 0 Å². The maximum atomic E-state index is 12.3. The number of hydrogen-bond donors (Lipinski definition) is 1. The third-order valence-corrected chi connectivity index (χ3v) is 3.73. The predicted octanol–water partition coefficient (Wildman–Crippen LogP) is 2.27. The van der Waals surface area contributed by atoms with Crippen molar-refractivity contribution >= 4 is 11.6 Å². The SMILES string of the molecule is Cc1ccc(-n2cnnn2)cc1NC(=O)C1CC=CCC1. The third kappa shape index (κ3) is 2.99. The Morgan fingerprint density at radius 3 is 3.00 bits per heavy atom. The Kier molecular flexibility index (Phi) is 3.77. The van der Waals surface area contributed by atoms with Gasteiger partial charge in [-0.25, -0.2) is 4.68 Å². The lowest BCUT2D eigenvalue weighted by Crippen LogP contribution is -2.24. The molecule has 0 aliphatic heterocycles. The van der Waals surface area contributed by atoms with Gasteiger partial charge in [0, 0.05) is 11.6 Å². The van der Waals surface area contributed by atoms with Gasteiger partial charge in [-0.05, 0) is 54.3 Å². The van der Waals surface area contributed by atoms with Crippen molar-refractivity contribution in [3.05, 3.63) is 42.2 Å². The highest BCUT2D eigenvalue weighted by molar-refractivity contribution is 5.93. The highest BCUT2D eigenvalue weighted by Crippen LogP contribution is 2.23. The maximum Gasteiger partial charge on any atom is 0.227 e. The molecule has 2 aromatic rings. The zero-order valence-electron chi connectivity index (χ0n) is 11.9. The summed E-state index contributed by atoms with van der Waals surface area (Å²) in [6.07, 6.45) is 8.45. The fourth-order valence-corrected chi connectivity index (χ4v) is 2.43. The van der Waals surface area contributed by atoms with Gasteiger partial charge in [0.2, 0.25) is 5.91 Å². The first-order chi connectivity index (χ1) is 10.2. The molecular weight excluding hydrogens is 266 g/mol. The van der Waals surface area contributed by atoms with Gasteiger partial charge in [-0.2, -0.15) is 0 Å². The Labute approximate surface area is 122 Å². The second-order valence-electron chi connectivity index (χ2n) is 5.22. The van der Waals surface area contributed by atoms with E-state index in [0.717, 1.165) is 36.2 Å². The molecule has 6 nitrogen and oxygen atoms in total. The van der Waals surface area contributed by atoms with Gasteiger partial charge in [-0.3, -0.25) is 4.79 Å². The minimum absolute atomic E-state index is 0.0612. The van der Waals surface area contributed by atoms with Gasteiger partial charge in [0.1, 0.15) is 6.33 Å². The second kappa shape index (κ2) is 5.87. The lowest BCUT2D eigenvalue weighted by Gasteiger charge is -2.18. The van der Waals surface area contributed by atoms with E-state index in [2.05, 4.69) is 33.0 Å². The molecule has 1 heterocycles. The first kappa shape index (κ1) is 13.5. The number of carbonyl (C=O) groups is 1. The van der Waals surface area contributed by atoms with Crippen LogP contribution < -0.4 is 5.32 Å². The van der Waals surface area contributed by atoms with E-state index in [-0.39, 0.29) is 11.8 Å². The number of nitrogens with zero attached hydrogens (tertiary/aromatic N) is 4. The summed E-state index contributed by atoms with van der Waals surface area (Å²) in [7, 11) is 0. The fourth-order valence-electron chi connectivity index (χ4n) is 2.43. The summed E-state index contributed by atoms with van der Waals surface area (Å²) in [5.41, 5.74) is 2.65. The third-order valence-electron chi connectivity index (χ3n) is 3.73. The quantitative estimate of drug-likeness (QED) is 0.877. The van der Waals surface area contributed by atoms with E-state index in [4.69, 9.17) is 0 Å². The molecule has 0 saturated heterocycles. The summed E-state index contributed by atoms with van der Waals surface area (Å²) in [4.78, 5) is 12.3. The van der Waals surface area contributed by atoms with Gasteiger partial charge < -0.3 is 5.32 Å². The van der Waals surface area contributed by atoms with Gasteiger partial charge in [0.05, 0.1) is 5.69 Å². The number of rotatable bonds is 3. The molecule has 1 aliphatic carbocycles. The fraction of sp³-hybridized carbons (Fsp3) is 0.333. The van der Waals surface area contributed by atoms with Crippen molar-refractivity contribution in [2.24, 2.45) is 5.92 Å². The number of aryl methyl sites for hydroxylation is 1. The van der Waals surface area contributed by atoms with Crippen LogP contribution in [0.1, 0.15) is 24.8 Å². The minimum Gasteiger partial charge on any atom is -0.326 e. The van der Waals surface area contributed by atoms with Crippen LogP contribution in [0, 0.1) is 12.8 Å². The van der Waals surface area contributed by atoms with Gasteiger partial charge in [-0.1, -0.05) is 18.2 Å². The molecule has 1 aromatic heterocycles. The summed E-state index contributed by atoms with van der Waals surface area (Å²) >= 11 is 0. The number of allylic oxidation sites excluding steroid dienone is 2. The van der Waals surface area contributed by atoms with Crippen molar-refractivity contribution in [3.8, 4) is 5.69 Å². The van der Waals surface area contributed by atoms with E-state index in [9.17, 15) is 4.79 Å². The molecule has 1 amide bonds. The maximum absolute atomic E-state index is 12.3. The Morgan fingerprint density at radius 1 is 1.38 bits per heavy atom. The van der Waals surface area contributed by atoms with Gasteiger partial charge in [0.25, 0.3) is 0 Å². The average molecular weight is 283 g/mol. The summed E-state index contributed by atoms with van der Waals surface area (Å²) < 4.78 is 1.57. The molecule has 1 aliphatic rings. The van der Waals surface area contributed by atoms with Crippen LogP contribution in [0.2, 0.25) is 0 Å². The highest BCUT2D eigenvalue weighted by Gasteiger charge is 2.19. The zero-order valence-corrected chi connectivity index (χ0v) is 11.9. The number of benzene rings is 1. The lowest BCUT2D eigenvalue weighted by molar-refractivity contribution is -0.120. The summed E-state index contributed by atoms with van der Waals surface area (Å²) in [5, 5.41) is 14.1. The van der Waals surface area contributed by atoms with E-state index in [1.807, 2.05) is 25.1 Å². The molecule has 0 bridgehead atoms. The summed E-state index contributed by atoms with van der Waals surface area (Å²) in [5.74, 6) is 0.141. The molecule has 6 heteroatoms. The Balaban J connectivity index is 1.79. The Hall–Kier alpha value is -2.50. The molecule has 1 aromatic carbocycles. The van der Waals surface area contributed by atoms with Crippen molar-refractivity contribution < 1.29 is 4.79 Å². The van der Waals surface area contributed by atoms with Gasteiger partial charge >= 0.3 is 0 Å². The predicted molar refractivity (Wildman–Crippen MR) is 79.0 cm³/mol. The summed E-state index contributed by atoms with van der Waals surface area (Å²) in [6.45, 7) is 1.97. The molecule has 0 radical (unpaired) electrons. The molecule has 0 saturated carbocycles. The van der Waals surface area contributed by atoms with Crippen LogP contribution in [0.15, 0.2) is 36.7 Å². The number of tetrazole rings is 1. The zero-order chi connectivity index (χ0) is 14.7. The lowest BCUT2D eigenvalue weighted by atomic mass is 9.93. The molecule has 1 atom stereocenters.